The number of hydrogen-bond donors (Lipinski definition) is 1. The van der Waals surface area contributed by atoms with Crippen LogP contribution in [-0.4, -0.2) is 11.0 Å². The fourth-order valence-electron chi connectivity index (χ4n) is 4.96. The van der Waals surface area contributed by atoms with Gasteiger partial charge in [-0.3, -0.25) is 9.69 Å². The zero-order valence-electron chi connectivity index (χ0n) is 18.0. The number of fused-ring (bicyclic) bond motifs is 2. The van der Waals surface area contributed by atoms with Crippen LogP contribution in [0.15, 0.2) is 84.9 Å². The van der Waals surface area contributed by atoms with E-state index in [2.05, 4.69) is 19.9 Å². The number of amides is 1. The van der Waals surface area contributed by atoms with Gasteiger partial charge in [0.15, 0.2) is 0 Å². The molecule has 4 aromatic rings. The summed E-state index contributed by atoms with van der Waals surface area (Å²) < 4.78 is 0. The summed E-state index contributed by atoms with van der Waals surface area (Å²) >= 11 is 0. The van der Waals surface area contributed by atoms with E-state index < -0.39 is 5.41 Å². The third-order valence-corrected chi connectivity index (χ3v) is 6.54. The molecule has 1 heterocycles. The number of nitrogens with zero attached hydrogens (tertiary/aromatic N) is 1. The zero-order chi connectivity index (χ0) is 21.8. The molecule has 3 heteroatoms. The lowest BCUT2D eigenvalue weighted by Gasteiger charge is -2.35. The number of phenolic OH excluding ortho intramolecular Hbond substituents is 1. The van der Waals surface area contributed by atoms with Gasteiger partial charge in [0.1, 0.15) is 5.75 Å². The molecule has 0 fully saturated rings. The lowest BCUT2D eigenvalue weighted by molar-refractivity contribution is 0.0971. The monoisotopic (exact) mass is 407 g/mol. The Morgan fingerprint density at radius 1 is 0.871 bits per heavy atom. The molecule has 1 N–H and O–H groups in total. The van der Waals surface area contributed by atoms with Crippen molar-refractivity contribution in [2.24, 2.45) is 0 Å². The van der Waals surface area contributed by atoms with Crippen molar-refractivity contribution in [3.05, 3.63) is 107 Å². The van der Waals surface area contributed by atoms with Gasteiger partial charge in [-0.1, -0.05) is 80.1 Å². The van der Waals surface area contributed by atoms with Crippen LogP contribution >= 0.6 is 0 Å². The van der Waals surface area contributed by atoms with E-state index in [4.69, 9.17) is 0 Å². The Labute approximate surface area is 182 Å². The largest absolute Gasteiger partial charge is 0.508 e. The van der Waals surface area contributed by atoms with Gasteiger partial charge in [0.25, 0.3) is 5.91 Å². The number of aromatic hydroxyl groups is 1. The number of hydrogen-bond acceptors (Lipinski definition) is 2. The maximum Gasteiger partial charge on any atom is 0.258 e. The van der Waals surface area contributed by atoms with E-state index in [1.807, 2.05) is 84.6 Å². The first-order chi connectivity index (χ1) is 14.9. The van der Waals surface area contributed by atoms with Crippen LogP contribution in [-0.2, 0) is 5.41 Å². The number of benzene rings is 4. The van der Waals surface area contributed by atoms with Gasteiger partial charge in [-0.2, -0.15) is 0 Å². The minimum Gasteiger partial charge on any atom is -0.508 e. The number of para-hydroxylation sites is 1. The van der Waals surface area contributed by atoms with Gasteiger partial charge in [-0.25, -0.2) is 0 Å². The van der Waals surface area contributed by atoms with E-state index in [0.717, 1.165) is 33.2 Å². The summed E-state index contributed by atoms with van der Waals surface area (Å²) in [7, 11) is 0. The van der Waals surface area contributed by atoms with Crippen LogP contribution in [0.1, 0.15) is 46.9 Å². The van der Waals surface area contributed by atoms with Crippen molar-refractivity contribution in [2.45, 2.75) is 32.2 Å². The van der Waals surface area contributed by atoms with Crippen molar-refractivity contribution >= 4 is 22.4 Å². The second-order valence-electron chi connectivity index (χ2n) is 8.90. The standard InChI is InChI=1S/C28H25NO2/c1-18-12-14-20(15-13-18)27(31)29-23-11-7-6-10-22(23)28(2,3)26(29)25-21-9-5-4-8-19(21)16-17-24(25)30/h4-17,26,30H,1-3H3. The van der Waals surface area contributed by atoms with E-state index in [1.54, 1.807) is 6.07 Å². The van der Waals surface area contributed by atoms with Crippen molar-refractivity contribution in [1.29, 1.82) is 0 Å². The predicted molar refractivity (Wildman–Crippen MR) is 126 cm³/mol. The molecule has 0 saturated carbocycles. The molecule has 1 atom stereocenters. The first-order valence-electron chi connectivity index (χ1n) is 10.6. The van der Waals surface area contributed by atoms with Crippen LogP contribution in [0, 0.1) is 6.92 Å². The van der Waals surface area contributed by atoms with Crippen molar-refractivity contribution in [2.75, 3.05) is 4.90 Å². The van der Waals surface area contributed by atoms with E-state index >= 15 is 0 Å². The zero-order valence-corrected chi connectivity index (χ0v) is 18.0. The Hall–Kier alpha value is -3.59. The van der Waals surface area contributed by atoms with Gasteiger partial charge < -0.3 is 5.11 Å². The molecule has 4 aromatic carbocycles. The second-order valence-corrected chi connectivity index (χ2v) is 8.90. The summed E-state index contributed by atoms with van der Waals surface area (Å²) in [5, 5.41) is 13.1. The normalized spacial score (nSPS) is 17.0. The van der Waals surface area contributed by atoms with Crippen molar-refractivity contribution in [1.82, 2.24) is 0 Å². The van der Waals surface area contributed by atoms with Gasteiger partial charge in [0.05, 0.1) is 6.04 Å². The van der Waals surface area contributed by atoms with Crippen LogP contribution in [0.3, 0.4) is 0 Å². The Morgan fingerprint density at radius 3 is 2.32 bits per heavy atom. The number of anilines is 1. The van der Waals surface area contributed by atoms with Gasteiger partial charge in [-0.15, -0.1) is 0 Å². The molecule has 0 bridgehead atoms. The molecule has 0 saturated heterocycles. The summed E-state index contributed by atoms with van der Waals surface area (Å²) in [4.78, 5) is 15.8. The molecule has 1 aliphatic heterocycles. The highest BCUT2D eigenvalue weighted by Crippen LogP contribution is 2.55. The number of carbonyl (C=O) groups excluding carboxylic acids is 1. The molecule has 0 aliphatic carbocycles. The highest BCUT2D eigenvalue weighted by atomic mass is 16.3. The van der Waals surface area contributed by atoms with E-state index in [-0.39, 0.29) is 17.7 Å². The molecule has 1 aliphatic rings. The summed E-state index contributed by atoms with van der Waals surface area (Å²) in [5.74, 6) is 0.154. The Morgan fingerprint density at radius 2 is 1.55 bits per heavy atom. The molecular weight excluding hydrogens is 382 g/mol. The third-order valence-electron chi connectivity index (χ3n) is 6.54. The van der Waals surface area contributed by atoms with E-state index in [0.29, 0.717) is 5.56 Å². The first kappa shape index (κ1) is 19.4. The molecule has 1 unspecified atom stereocenters. The molecular formula is C28H25NO2. The number of phenols is 1. The average Bonchev–Trinajstić information content (AvgIpc) is 3.01. The molecule has 3 nitrogen and oxygen atoms in total. The summed E-state index contributed by atoms with van der Waals surface area (Å²) in [6.45, 7) is 6.32. The van der Waals surface area contributed by atoms with E-state index in [1.165, 1.54) is 0 Å². The SMILES string of the molecule is Cc1ccc(C(=O)N2c3ccccc3C(C)(C)C2c2c(O)ccc3ccccc23)cc1. The summed E-state index contributed by atoms with van der Waals surface area (Å²) in [6, 6.07) is 27.1. The molecule has 31 heavy (non-hydrogen) atoms. The maximum atomic E-state index is 13.9. The van der Waals surface area contributed by atoms with Gasteiger partial charge in [0.2, 0.25) is 0 Å². The highest BCUT2D eigenvalue weighted by molar-refractivity contribution is 6.09. The minimum absolute atomic E-state index is 0.0599. The van der Waals surface area contributed by atoms with Crippen LogP contribution < -0.4 is 4.90 Å². The molecule has 0 radical (unpaired) electrons. The predicted octanol–water partition coefficient (Wildman–Crippen LogP) is 6.53. The number of rotatable bonds is 2. The van der Waals surface area contributed by atoms with Crippen LogP contribution in [0.4, 0.5) is 5.69 Å². The lowest BCUT2D eigenvalue weighted by atomic mass is 9.76. The molecule has 0 spiro atoms. The highest BCUT2D eigenvalue weighted by Gasteiger charge is 2.49. The minimum atomic E-state index is -0.390. The van der Waals surface area contributed by atoms with Crippen molar-refractivity contribution in [3.63, 3.8) is 0 Å². The summed E-state index contributed by atoms with van der Waals surface area (Å²) in [6.07, 6.45) is 0. The fourth-order valence-corrected chi connectivity index (χ4v) is 4.96. The molecule has 154 valence electrons. The summed E-state index contributed by atoms with van der Waals surface area (Å²) in [5.41, 5.74) is 4.16. The first-order valence-corrected chi connectivity index (χ1v) is 10.6. The topological polar surface area (TPSA) is 40.5 Å². The maximum absolute atomic E-state index is 13.9. The number of carbonyl (C=O) groups is 1. The van der Waals surface area contributed by atoms with Gasteiger partial charge in [0, 0.05) is 22.2 Å². The molecule has 0 aromatic heterocycles. The Balaban J connectivity index is 1.78. The van der Waals surface area contributed by atoms with E-state index in [9.17, 15) is 9.90 Å². The Kier molecular flexibility index (Phi) is 4.37. The molecule has 5 rings (SSSR count). The Bertz CT molecular complexity index is 1300. The lowest BCUT2D eigenvalue weighted by Crippen LogP contribution is -2.38. The van der Waals surface area contributed by atoms with Gasteiger partial charge >= 0.3 is 0 Å². The fraction of sp³-hybridized carbons (Fsp3) is 0.179. The molecule has 1 amide bonds. The van der Waals surface area contributed by atoms with Crippen LogP contribution in [0.2, 0.25) is 0 Å². The second kappa shape index (κ2) is 6.98. The number of aryl methyl sites for hydroxylation is 1. The third kappa shape index (κ3) is 2.92. The van der Waals surface area contributed by atoms with Crippen molar-refractivity contribution in [3.8, 4) is 5.75 Å². The quantitative estimate of drug-likeness (QED) is 0.410. The van der Waals surface area contributed by atoms with Crippen LogP contribution in [0.25, 0.3) is 10.8 Å². The van der Waals surface area contributed by atoms with Crippen LogP contribution in [0.5, 0.6) is 5.75 Å². The average molecular weight is 408 g/mol. The smallest absolute Gasteiger partial charge is 0.258 e. The van der Waals surface area contributed by atoms with Gasteiger partial charge in [-0.05, 0) is 47.5 Å². The van der Waals surface area contributed by atoms with Crippen molar-refractivity contribution < 1.29 is 9.90 Å².